The summed E-state index contributed by atoms with van der Waals surface area (Å²) in [5.41, 5.74) is 11.1. The third-order valence-corrected chi connectivity index (χ3v) is 4.06. The maximum absolute atomic E-state index is 7.84. The molecule has 0 radical (unpaired) electrons. The first-order valence-electron chi connectivity index (χ1n) is 7.24. The zero-order chi connectivity index (χ0) is 15.0. The Morgan fingerprint density at radius 3 is 2.62 bits per heavy atom. The van der Waals surface area contributed by atoms with Crippen LogP contribution in [0.4, 0.5) is 11.5 Å². The van der Waals surface area contributed by atoms with E-state index in [1.54, 1.807) is 0 Å². The second-order valence-corrected chi connectivity index (χ2v) is 5.63. The number of nitrogens with one attached hydrogen (secondary N) is 1. The minimum absolute atomic E-state index is 0.0751. The van der Waals surface area contributed by atoms with Gasteiger partial charge in [0, 0.05) is 18.4 Å². The highest BCUT2D eigenvalue weighted by molar-refractivity contribution is 6.00. The molecule has 0 fully saturated rings. The van der Waals surface area contributed by atoms with Gasteiger partial charge >= 0.3 is 0 Å². The van der Waals surface area contributed by atoms with Gasteiger partial charge in [0.15, 0.2) is 0 Å². The van der Waals surface area contributed by atoms with Crippen molar-refractivity contribution in [2.75, 3.05) is 11.9 Å². The number of nitrogens with zero attached hydrogens (tertiary/aromatic N) is 2. The van der Waals surface area contributed by atoms with Gasteiger partial charge < -0.3 is 10.6 Å². The smallest absolute Gasteiger partial charge is 0.144 e. The molecule has 2 aromatic rings. The molecule has 0 aliphatic heterocycles. The van der Waals surface area contributed by atoms with E-state index in [4.69, 9.17) is 16.1 Å². The van der Waals surface area contributed by atoms with Crippen LogP contribution >= 0.6 is 0 Å². The number of pyridine rings is 1. The zero-order valence-electron chi connectivity index (χ0n) is 12.5. The molecule has 1 aromatic heterocycles. The summed E-state index contributed by atoms with van der Waals surface area (Å²) in [6.07, 6.45) is 3.19. The molecule has 0 saturated carbocycles. The number of nitrogens with two attached hydrogens (primary N) is 1. The molecule has 3 rings (SSSR count). The molecule has 0 bridgehead atoms. The highest BCUT2D eigenvalue weighted by atomic mass is 15.2. The van der Waals surface area contributed by atoms with Gasteiger partial charge in [-0.15, -0.1) is 0 Å². The zero-order valence-corrected chi connectivity index (χ0v) is 12.5. The molecule has 4 nitrogen and oxygen atoms in total. The highest BCUT2D eigenvalue weighted by Gasteiger charge is 2.20. The van der Waals surface area contributed by atoms with Crippen LogP contribution in [0.2, 0.25) is 0 Å². The number of fused-ring (bicyclic) bond motifs is 1. The molecule has 1 aromatic carbocycles. The largest absolute Gasteiger partial charge is 0.384 e. The third-order valence-electron chi connectivity index (χ3n) is 4.06. The van der Waals surface area contributed by atoms with E-state index in [0.717, 1.165) is 42.0 Å². The molecule has 0 spiro atoms. The molecule has 1 heterocycles. The molecule has 1 aliphatic carbocycles. The van der Waals surface area contributed by atoms with Gasteiger partial charge in [-0.1, -0.05) is 17.7 Å². The van der Waals surface area contributed by atoms with Crippen LogP contribution in [0.3, 0.4) is 0 Å². The highest BCUT2D eigenvalue weighted by Crippen LogP contribution is 2.30. The molecule has 0 amide bonds. The molecule has 108 valence electrons. The molecular formula is C17H20N4. The van der Waals surface area contributed by atoms with Crippen molar-refractivity contribution in [2.24, 2.45) is 5.73 Å². The summed E-state index contributed by atoms with van der Waals surface area (Å²) in [6, 6.07) is 10.3. The van der Waals surface area contributed by atoms with Crippen molar-refractivity contribution in [3.05, 3.63) is 52.7 Å². The molecule has 1 aliphatic rings. The van der Waals surface area contributed by atoms with E-state index in [9.17, 15) is 0 Å². The van der Waals surface area contributed by atoms with Crippen LogP contribution in [0.25, 0.3) is 0 Å². The molecular weight excluding hydrogens is 260 g/mol. The lowest BCUT2D eigenvalue weighted by atomic mass is 10.1. The Labute approximate surface area is 125 Å². The summed E-state index contributed by atoms with van der Waals surface area (Å²) in [4.78, 5) is 6.79. The van der Waals surface area contributed by atoms with E-state index >= 15 is 0 Å². The molecule has 4 heteroatoms. The van der Waals surface area contributed by atoms with E-state index in [1.807, 2.05) is 18.0 Å². The van der Waals surface area contributed by atoms with Crippen molar-refractivity contribution in [3.8, 4) is 0 Å². The maximum Gasteiger partial charge on any atom is 0.144 e. The lowest BCUT2D eigenvalue weighted by molar-refractivity contribution is 0.898. The van der Waals surface area contributed by atoms with Crippen molar-refractivity contribution < 1.29 is 0 Å². The number of anilines is 2. The summed E-state index contributed by atoms with van der Waals surface area (Å²) in [7, 11) is 1.97. The number of amidine groups is 1. The van der Waals surface area contributed by atoms with Crippen LogP contribution in [-0.2, 0) is 12.8 Å². The Hall–Kier alpha value is -2.36. The lowest BCUT2D eigenvalue weighted by Crippen LogP contribution is -2.21. The lowest BCUT2D eigenvalue weighted by Gasteiger charge is -2.22. The first-order valence-corrected chi connectivity index (χ1v) is 7.24. The number of hydrogen-bond acceptors (Lipinski definition) is 3. The van der Waals surface area contributed by atoms with Gasteiger partial charge in [-0.05, 0) is 49.9 Å². The number of benzene rings is 1. The van der Waals surface area contributed by atoms with Crippen LogP contribution in [0.15, 0.2) is 30.3 Å². The first kappa shape index (κ1) is 13.6. The fourth-order valence-electron chi connectivity index (χ4n) is 2.81. The number of rotatable bonds is 3. The molecule has 0 unspecified atom stereocenters. The maximum atomic E-state index is 7.84. The molecule has 3 N–H and O–H groups in total. The topological polar surface area (TPSA) is 66.0 Å². The van der Waals surface area contributed by atoms with Crippen LogP contribution in [0.5, 0.6) is 0 Å². The number of hydrogen-bond donors (Lipinski definition) is 2. The van der Waals surface area contributed by atoms with Gasteiger partial charge in [0.25, 0.3) is 0 Å². The monoisotopic (exact) mass is 280 g/mol. The summed E-state index contributed by atoms with van der Waals surface area (Å²) in [5, 5.41) is 7.84. The average Bonchev–Trinajstić information content (AvgIpc) is 2.93. The number of aromatic nitrogens is 1. The van der Waals surface area contributed by atoms with Gasteiger partial charge in [-0.25, -0.2) is 4.98 Å². The van der Waals surface area contributed by atoms with Gasteiger partial charge in [0.05, 0.1) is 5.56 Å². The summed E-state index contributed by atoms with van der Waals surface area (Å²) >= 11 is 0. The van der Waals surface area contributed by atoms with E-state index < -0.39 is 0 Å². The second kappa shape index (κ2) is 5.20. The summed E-state index contributed by atoms with van der Waals surface area (Å²) < 4.78 is 0. The summed E-state index contributed by atoms with van der Waals surface area (Å²) in [5.74, 6) is 0.846. The Bertz CT molecular complexity index is 689. The normalized spacial score (nSPS) is 13.0. The quantitative estimate of drug-likeness (QED) is 0.671. The summed E-state index contributed by atoms with van der Waals surface area (Å²) in [6.45, 7) is 2.07. The fraction of sp³-hybridized carbons (Fsp3) is 0.294. The third kappa shape index (κ3) is 2.49. The van der Waals surface area contributed by atoms with Crippen LogP contribution < -0.4 is 10.6 Å². The van der Waals surface area contributed by atoms with Gasteiger partial charge in [-0.2, -0.15) is 0 Å². The molecule has 21 heavy (non-hydrogen) atoms. The minimum atomic E-state index is 0.0751. The van der Waals surface area contributed by atoms with E-state index in [0.29, 0.717) is 0 Å². The van der Waals surface area contributed by atoms with Crippen molar-refractivity contribution in [1.29, 1.82) is 5.41 Å². The SMILES string of the molecule is Cc1ccc(N(C)c2nc3c(cc2C(=N)N)CCC3)cc1. The Kier molecular flexibility index (Phi) is 3.37. The average molecular weight is 280 g/mol. The van der Waals surface area contributed by atoms with E-state index in [2.05, 4.69) is 31.2 Å². The second-order valence-electron chi connectivity index (χ2n) is 5.63. The minimum Gasteiger partial charge on any atom is -0.384 e. The number of aryl methyl sites for hydroxylation is 3. The Balaban J connectivity index is 2.08. The van der Waals surface area contributed by atoms with Gasteiger partial charge in [0.1, 0.15) is 11.7 Å². The molecule has 0 saturated heterocycles. The first-order chi connectivity index (χ1) is 10.1. The van der Waals surface area contributed by atoms with E-state index in [-0.39, 0.29) is 5.84 Å². The van der Waals surface area contributed by atoms with Gasteiger partial charge in [-0.3, -0.25) is 5.41 Å². The van der Waals surface area contributed by atoms with Crippen LogP contribution in [-0.4, -0.2) is 17.9 Å². The predicted molar refractivity (Wildman–Crippen MR) is 86.5 cm³/mol. The fourth-order valence-corrected chi connectivity index (χ4v) is 2.81. The van der Waals surface area contributed by atoms with Crippen LogP contribution in [0, 0.1) is 12.3 Å². The van der Waals surface area contributed by atoms with Crippen molar-refractivity contribution in [3.63, 3.8) is 0 Å². The van der Waals surface area contributed by atoms with Gasteiger partial charge in [0.2, 0.25) is 0 Å². The number of nitrogen functional groups attached to an aromatic ring is 1. The Morgan fingerprint density at radius 1 is 1.24 bits per heavy atom. The standard InChI is InChI=1S/C17H20N4/c1-11-6-8-13(9-7-11)21(2)17-14(16(18)19)10-12-4-3-5-15(12)20-17/h6-10H,3-5H2,1-2H3,(H3,18,19). The molecule has 0 atom stereocenters. The van der Waals surface area contributed by atoms with Crippen molar-refractivity contribution in [1.82, 2.24) is 4.98 Å². The van der Waals surface area contributed by atoms with E-state index in [1.165, 1.54) is 11.1 Å². The van der Waals surface area contributed by atoms with Crippen LogP contribution in [0.1, 0.15) is 28.8 Å². The predicted octanol–water partition coefficient (Wildman–Crippen LogP) is 2.93. The van der Waals surface area contributed by atoms with Crippen molar-refractivity contribution in [2.45, 2.75) is 26.2 Å². The Morgan fingerprint density at radius 2 is 1.95 bits per heavy atom. The van der Waals surface area contributed by atoms with Crippen molar-refractivity contribution >= 4 is 17.3 Å².